The summed E-state index contributed by atoms with van der Waals surface area (Å²) < 4.78 is 102. The highest BCUT2D eigenvalue weighted by Gasteiger charge is 2.49. The Hall–Kier alpha value is -7.00. The van der Waals surface area contributed by atoms with Gasteiger partial charge in [-0.3, -0.25) is 0 Å². The van der Waals surface area contributed by atoms with Crippen molar-refractivity contribution in [3.63, 3.8) is 0 Å². The first-order valence-electron chi connectivity index (χ1n) is 25.1. The zero-order chi connectivity index (χ0) is 53.7. The minimum absolute atomic E-state index is 0.00725. The van der Waals surface area contributed by atoms with Crippen LogP contribution in [-0.2, 0) is 19.6 Å². The molecule has 3 N–H and O–H groups in total. The monoisotopic (exact) mass is 1060 g/mol. The Morgan fingerprint density at radius 2 is 1.11 bits per heavy atom. The molecular weight excluding hydrogens is 1000 g/mol. The maximum Gasteiger partial charge on any atom is 0.534 e. The summed E-state index contributed by atoms with van der Waals surface area (Å²) in [6.45, 7) is 5.98. The molecule has 4 aromatic heterocycles. The number of halogens is 3. The number of nitrogens with one attached hydrogen (secondary N) is 1. The molecule has 0 bridgehead atoms. The van der Waals surface area contributed by atoms with Gasteiger partial charge in [0, 0.05) is 85.8 Å². The topological polar surface area (TPSA) is 177 Å². The van der Waals surface area contributed by atoms with Gasteiger partial charge >= 0.3 is 15.6 Å². The van der Waals surface area contributed by atoms with Crippen molar-refractivity contribution in [2.24, 2.45) is 5.73 Å². The third-order valence-electron chi connectivity index (χ3n) is 12.4. The summed E-state index contributed by atoms with van der Waals surface area (Å²) >= 11 is 0. The van der Waals surface area contributed by atoms with Crippen molar-refractivity contribution in [1.29, 1.82) is 0 Å². The third-order valence-corrected chi connectivity index (χ3v) is 13.4. The van der Waals surface area contributed by atoms with Crippen LogP contribution in [0.2, 0.25) is 0 Å². The van der Waals surface area contributed by atoms with Crippen LogP contribution in [0.15, 0.2) is 143 Å². The summed E-state index contributed by atoms with van der Waals surface area (Å²) in [5.74, 6) is 2.04. The Morgan fingerprint density at radius 1 is 0.632 bits per heavy atom. The molecule has 2 aliphatic heterocycles. The fourth-order valence-electron chi connectivity index (χ4n) is 8.52. The van der Waals surface area contributed by atoms with E-state index in [2.05, 4.69) is 60.8 Å². The smallest absolute Gasteiger partial charge is 0.492 e. The van der Waals surface area contributed by atoms with Crippen molar-refractivity contribution in [3.05, 3.63) is 134 Å². The van der Waals surface area contributed by atoms with Crippen LogP contribution in [0.5, 0.6) is 17.2 Å². The number of anilines is 1. The fraction of sp³-hybridized carbons (Fsp3) is 0.333. The Kier molecular flexibility index (Phi) is 18.7. The molecule has 402 valence electrons. The molecule has 8 aromatic rings. The molecule has 0 aliphatic carbocycles. The van der Waals surface area contributed by atoms with Crippen molar-refractivity contribution in [2.45, 2.75) is 43.4 Å². The molecule has 15 nitrogen and oxygen atoms in total. The highest BCUT2D eigenvalue weighted by Crippen LogP contribution is 2.46. The van der Waals surface area contributed by atoms with E-state index in [0.717, 1.165) is 104 Å². The lowest BCUT2D eigenvalue weighted by Crippen LogP contribution is -2.28. The van der Waals surface area contributed by atoms with Crippen molar-refractivity contribution in [1.82, 2.24) is 19.8 Å². The fourth-order valence-corrected chi connectivity index (χ4v) is 8.99. The Labute approximate surface area is 440 Å². The highest BCUT2D eigenvalue weighted by atomic mass is 32.2. The second kappa shape index (κ2) is 25.7. The van der Waals surface area contributed by atoms with Crippen molar-refractivity contribution in [3.8, 4) is 62.1 Å². The van der Waals surface area contributed by atoms with Crippen LogP contribution in [-0.4, -0.2) is 127 Å². The Balaban J connectivity index is 0.000000178. The summed E-state index contributed by atoms with van der Waals surface area (Å²) in [4.78, 5) is 12.7. The van der Waals surface area contributed by atoms with Gasteiger partial charge < -0.3 is 52.8 Å². The number of ether oxygens (including phenoxy) is 4. The summed E-state index contributed by atoms with van der Waals surface area (Å²) in [5.41, 5.74) is 5.92. The van der Waals surface area contributed by atoms with E-state index < -0.39 is 21.4 Å². The van der Waals surface area contributed by atoms with E-state index in [1.165, 1.54) is 6.42 Å². The van der Waals surface area contributed by atoms with Crippen LogP contribution in [0.4, 0.5) is 18.9 Å². The van der Waals surface area contributed by atoms with E-state index in [1.54, 1.807) is 60.8 Å². The maximum absolute atomic E-state index is 13.0. The van der Waals surface area contributed by atoms with Crippen LogP contribution in [0.1, 0.15) is 25.7 Å². The number of benzene rings is 4. The van der Waals surface area contributed by atoms with Crippen LogP contribution >= 0.6 is 0 Å². The molecule has 4 aromatic carbocycles. The SMILES string of the molecule is CN(C)CCOc1ccc(-c2oc3nccc(NC[C@@H]4CCCO4)c3c2-c2ccccc2)cc1.CN(C)CCOc1ccc(-c2oc3nccc(OS(=O)(=O)C(F)(F)F)c3c2-c2ccccc2)cc1.NC[C@@H]1CCCO1. The zero-order valence-electron chi connectivity index (χ0n) is 42.9. The summed E-state index contributed by atoms with van der Waals surface area (Å²) in [5, 5.41) is 4.60. The lowest BCUT2D eigenvalue weighted by Gasteiger charge is -2.13. The maximum atomic E-state index is 13.0. The molecule has 0 saturated carbocycles. The van der Waals surface area contributed by atoms with Gasteiger partial charge in [0.1, 0.15) is 36.2 Å². The largest absolute Gasteiger partial charge is 0.534 e. The molecule has 0 amide bonds. The minimum Gasteiger partial charge on any atom is -0.492 e. The van der Waals surface area contributed by atoms with Crippen LogP contribution < -0.4 is 24.7 Å². The molecule has 6 heterocycles. The predicted molar refractivity (Wildman–Crippen MR) is 289 cm³/mol. The number of hydrogen-bond donors (Lipinski definition) is 2. The van der Waals surface area contributed by atoms with Crippen LogP contribution in [0.3, 0.4) is 0 Å². The van der Waals surface area contributed by atoms with E-state index in [9.17, 15) is 21.6 Å². The predicted octanol–water partition coefficient (Wildman–Crippen LogP) is 11.1. The molecule has 2 fully saturated rings. The number of fused-ring (bicyclic) bond motifs is 2. The van der Waals surface area contributed by atoms with Gasteiger partial charge in [-0.2, -0.15) is 21.6 Å². The van der Waals surface area contributed by atoms with Gasteiger partial charge in [0.05, 0.1) is 23.0 Å². The molecule has 2 saturated heterocycles. The molecular formula is C57H63F3N6O9S. The van der Waals surface area contributed by atoms with Gasteiger partial charge in [-0.05, 0) is 120 Å². The number of pyridine rings is 2. The molecule has 2 aliphatic rings. The first-order chi connectivity index (χ1) is 36.7. The molecule has 10 rings (SSSR count). The second-order valence-electron chi connectivity index (χ2n) is 18.6. The number of aromatic nitrogens is 2. The van der Waals surface area contributed by atoms with Gasteiger partial charge in [-0.1, -0.05) is 60.7 Å². The Bertz CT molecular complexity index is 3200. The average Bonchev–Trinajstić information content (AvgIpc) is 4.31. The van der Waals surface area contributed by atoms with Crippen LogP contribution in [0.25, 0.3) is 67.1 Å². The molecule has 19 heteroatoms. The van der Waals surface area contributed by atoms with Crippen molar-refractivity contribution in [2.75, 3.05) is 86.1 Å². The zero-order valence-corrected chi connectivity index (χ0v) is 43.7. The lowest BCUT2D eigenvalue weighted by molar-refractivity contribution is -0.0499. The number of nitrogens with zero attached hydrogens (tertiary/aromatic N) is 4. The number of likely N-dealkylation sites (N-methyl/N-ethyl adjacent to an activating group) is 2. The van der Waals surface area contributed by atoms with Gasteiger partial charge in [0.25, 0.3) is 0 Å². The quantitative estimate of drug-likeness (QED) is 0.0612. The summed E-state index contributed by atoms with van der Waals surface area (Å²) in [6, 6.07) is 37.2. The van der Waals surface area contributed by atoms with E-state index in [1.807, 2.05) is 57.4 Å². The number of furan rings is 2. The molecule has 2 atom stereocenters. The van der Waals surface area contributed by atoms with Gasteiger partial charge in [0.2, 0.25) is 11.4 Å². The number of hydrogen-bond acceptors (Lipinski definition) is 15. The highest BCUT2D eigenvalue weighted by molar-refractivity contribution is 7.88. The van der Waals surface area contributed by atoms with Crippen molar-refractivity contribution >= 4 is 38.0 Å². The standard InChI is InChI=1S/C28H31N3O3.C24H21F3N2O5S.C5H11NO/c1-31(2)16-18-33-22-12-10-21(11-13-22)27-25(20-7-4-3-5-8-20)26-24(14-15-29-28(26)34-27)30-19-23-9-6-17-32-23;1-29(2)14-15-32-18-10-8-17(9-11-18)22-20(16-6-4-3-5-7-16)21-19(12-13-28-23(21)33-22)34-35(30,31)24(25,26)27;6-4-5-2-1-3-7-5/h3-5,7-8,10-15,23H,6,9,16-19H2,1-2H3,(H,29,30);3-13H,14-15H2,1-2H3;5H,1-4,6H2/t23-;;5-/m0.0/s1. The molecule has 0 unspecified atom stereocenters. The summed E-state index contributed by atoms with van der Waals surface area (Å²) in [6.07, 6.45) is 8.11. The normalized spacial score (nSPS) is 15.6. The summed E-state index contributed by atoms with van der Waals surface area (Å²) in [7, 11) is 2.04. The molecule has 0 radical (unpaired) electrons. The molecule has 76 heavy (non-hydrogen) atoms. The Morgan fingerprint density at radius 3 is 1.55 bits per heavy atom. The third kappa shape index (κ3) is 14.1. The van der Waals surface area contributed by atoms with E-state index in [0.29, 0.717) is 59.8 Å². The second-order valence-corrected chi connectivity index (χ2v) is 20.1. The van der Waals surface area contributed by atoms with E-state index >= 15 is 0 Å². The van der Waals surface area contributed by atoms with E-state index in [4.69, 9.17) is 33.5 Å². The van der Waals surface area contributed by atoms with Crippen LogP contribution in [0, 0.1) is 0 Å². The van der Waals surface area contributed by atoms with Gasteiger partial charge in [-0.15, -0.1) is 0 Å². The first kappa shape index (κ1) is 55.2. The van der Waals surface area contributed by atoms with Gasteiger partial charge in [-0.25, -0.2) is 9.97 Å². The number of rotatable bonds is 18. The first-order valence-corrected chi connectivity index (χ1v) is 26.5. The number of nitrogens with two attached hydrogens (primary N) is 1. The van der Waals surface area contributed by atoms with E-state index in [-0.39, 0.29) is 17.2 Å². The average molecular weight is 1070 g/mol. The van der Waals surface area contributed by atoms with Crippen molar-refractivity contribution < 1.29 is 53.6 Å². The molecule has 0 spiro atoms. The lowest BCUT2D eigenvalue weighted by atomic mass is 9.98. The minimum atomic E-state index is -5.91. The number of alkyl halides is 3. The van der Waals surface area contributed by atoms with Gasteiger partial charge in [0.15, 0.2) is 5.75 Å².